The van der Waals surface area contributed by atoms with Crippen LogP contribution in [0.15, 0.2) is 16.5 Å². The molecule has 3 N–H and O–H groups in total. The monoisotopic (exact) mass is 279 g/mol. The van der Waals surface area contributed by atoms with Gasteiger partial charge < -0.3 is 15.5 Å². The van der Waals surface area contributed by atoms with E-state index in [4.69, 9.17) is 10.2 Å². The molecule has 1 aliphatic rings. The number of furan rings is 1. The molecule has 0 aromatic carbocycles. The summed E-state index contributed by atoms with van der Waals surface area (Å²) in [4.78, 5) is 13.5. The second-order valence-corrected chi connectivity index (χ2v) is 5.76. The van der Waals surface area contributed by atoms with E-state index in [1.807, 2.05) is 26.0 Å². The van der Waals surface area contributed by atoms with Crippen LogP contribution in [-0.4, -0.2) is 36.0 Å². The Hall–Kier alpha value is -1.33. The van der Waals surface area contributed by atoms with Crippen LogP contribution in [-0.2, 0) is 4.79 Å². The number of hydrogen-bond acceptors (Lipinski definition) is 4. The van der Waals surface area contributed by atoms with Gasteiger partial charge >= 0.3 is 0 Å². The highest BCUT2D eigenvalue weighted by Crippen LogP contribution is 2.28. The lowest BCUT2D eigenvalue weighted by atomic mass is 9.99. The van der Waals surface area contributed by atoms with Crippen LogP contribution < -0.4 is 11.1 Å². The van der Waals surface area contributed by atoms with Gasteiger partial charge in [0.05, 0.1) is 6.04 Å². The summed E-state index contributed by atoms with van der Waals surface area (Å²) in [5.41, 5.74) is 6.15. The number of amides is 1. The van der Waals surface area contributed by atoms with Crippen molar-refractivity contribution in [3.05, 3.63) is 23.7 Å². The van der Waals surface area contributed by atoms with Crippen molar-refractivity contribution in [2.75, 3.05) is 13.1 Å². The third-order valence-corrected chi connectivity index (χ3v) is 3.88. The zero-order valence-corrected chi connectivity index (χ0v) is 12.6. The zero-order chi connectivity index (χ0) is 14.7. The van der Waals surface area contributed by atoms with E-state index in [2.05, 4.69) is 10.2 Å². The number of nitrogens with two attached hydrogens (primary N) is 1. The van der Waals surface area contributed by atoms with Gasteiger partial charge in [0.2, 0.25) is 5.91 Å². The number of aryl methyl sites for hydroxylation is 1. The van der Waals surface area contributed by atoms with Crippen molar-refractivity contribution in [1.29, 1.82) is 0 Å². The topological polar surface area (TPSA) is 71.5 Å². The van der Waals surface area contributed by atoms with E-state index in [9.17, 15) is 4.79 Å². The van der Waals surface area contributed by atoms with Crippen LogP contribution in [0, 0.1) is 6.92 Å². The lowest BCUT2D eigenvalue weighted by molar-refractivity contribution is -0.120. The molecule has 0 saturated carbocycles. The molecule has 112 valence electrons. The van der Waals surface area contributed by atoms with Gasteiger partial charge in [-0.2, -0.15) is 0 Å². The van der Waals surface area contributed by atoms with Gasteiger partial charge in [0.15, 0.2) is 0 Å². The molecule has 20 heavy (non-hydrogen) atoms. The molecule has 5 heteroatoms. The van der Waals surface area contributed by atoms with Crippen molar-refractivity contribution in [2.45, 2.75) is 51.7 Å². The van der Waals surface area contributed by atoms with Gasteiger partial charge in [0.25, 0.3) is 0 Å². The third-order valence-electron chi connectivity index (χ3n) is 3.88. The summed E-state index contributed by atoms with van der Waals surface area (Å²) in [5, 5.41) is 2.99. The van der Waals surface area contributed by atoms with Crippen LogP contribution in [0.5, 0.6) is 0 Å². The van der Waals surface area contributed by atoms with E-state index in [-0.39, 0.29) is 24.0 Å². The van der Waals surface area contributed by atoms with Gasteiger partial charge in [-0.05, 0) is 38.8 Å². The predicted octanol–water partition coefficient (Wildman–Crippen LogP) is 1.58. The number of nitrogens with one attached hydrogen (secondary N) is 1. The number of carbonyl (C=O) groups excluding carboxylic acids is 1. The molecule has 0 aliphatic carbocycles. The third kappa shape index (κ3) is 3.61. The standard InChI is InChI=1S/C15H25N3O2/c1-10-4-5-14(20-10)15(11(2)16)18-8-6-13(7-9-18)17-12(3)19/h4-5,11,13,15H,6-9,16H2,1-3H3,(H,17,19). The van der Waals surface area contributed by atoms with E-state index in [0.717, 1.165) is 37.5 Å². The Morgan fingerprint density at radius 2 is 2.10 bits per heavy atom. The number of carbonyl (C=O) groups is 1. The Bertz CT molecular complexity index is 448. The second-order valence-electron chi connectivity index (χ2n) is 5.76. The van der Waals surface area contributed by atoms with Crippen LogP contribution in [0.1, 0.15) is 44.3 Å². The highest BCUT2D eigenvalue weighted by Gasteiger charge is 2.30. The molecular weight excluding hydrogens is 254 g/mol. The van der Waals surface area contributed by atoms with Crippen LogP contribution in [0.2, 0.25) is 0 Å². The fourth-order valence-corrected chi connectivity index (χ4v) is 2.99. The molecule has 1 aliphatic heterocycles. The Morgan fingerprint density at radius 3 is 2.55 bits per heavy atom. The van der Waals surface area contributed by atoms with Crippen molar-refractivity contribution in [1.82, 2.24) is 10.2 Å². The first kappa shape index (κ1) is 15.1. The number of rotatable bonds is 4. The first-order valence-corrected chi connectivity index (χ1v) is 7.30. The molecule has 2 heterocycles. The minimum Gasteiger partial charge on any atom is -0.465 e. The summed E-state index contributed by atoms with van der Waals surface area (Å²) >= 11 is 0. The van der Waals surface area contributed by atoms with Crippen LogP contribution in [0.25, 0.3) is 0 Å². The van der Waals surface area contributed by atoms with Crippen LogP contribution in [0.3, 0.4) is 0 Å². The number of nitrogens with zero attached hydrogens (tertiary/aromatic N) is 1. The maximum absolute atomic E-state index is 11.1. The molecule has 2 rings (SSSR count). The lowest BCUT2D eigenvalue weighted by Crippen LogP contribution is -2.48. The molecule has 0 bridgehead atoms. The molecule has 2 atom stereocenters. The Balaban J connectivity index is 2.00. The summed E-state index contributed by atoms with van der Waals surface area (Å²) in [7, 11) is 0. The normalized spacial score (nSPS) is 20.6. The van der Waals surface area contributed by atoms with Gasteiger partial charge in [-0.25, -0.2) is 0 Å². The summed E-state index contributed by atoms with van der Waals surface area (Å²) in [5.74, 6) is 1.91. The molecule has 0 spiro atoms. The second kappa shape index (κ2) is 6.41. The summed E-state index contributed by atoms with van der Waals surface area (Å²) < 4.78 is 5.76. The fraction of sp³-hybridized carbons (Fsp3) is 0.667. The molecule has 1 saturated heterocycles. The Kier molecular flexibility index (Phi) is 4.83. The SMILES string of the molecule is CC(=O)NC1CCN(C(c2ccc(C)o2)C(C)N)CC1. The molecule has 1 fully saturated rings. The number of piperidine rings is 1. The van der Waals surface area contributed by atoms with Gasteiger partial charge in [-0.15, -0.1) is 0 Å². The smallest absolute Gasteiger partial charge is 0.217 e. The van der Waals surface area contributed by atoms with Gasteiger partial charge in [-0.1, -0.05) is 0 Å². The van der Waals surface area contributed by atoms with E-state index >= 15 is 0 Å². The lowest BCUT2D eigenvalue weighted by Gasteiger charge is -2.38. The molecular formula is C15H25N3O2. The van der Waals surface area contributed by atoms with Gasteiger partial charge in [-0.3, -0.25) is 9.69 Å². The molecule has 0 radical (unpaired) electrons. The number of hydrogen-bond donors (Lipinski definition) is 2. The van der Waals surface area contributed by atoms with Crippen molar-refractivity contribution in [3.8, 4) is 0 Å². The van der Waals surface area contributed by atoms with Crippen molar-refractivity contribution in [3.63, 3.8) is 0 Å². The quantitative estimate of drug-likeness (QED) is 0.877. The average molecular weight is 279 g/mol. The summed E-state index contributed by atoms with van der Waals surface area (Å²) in [6, 6.07) is 4.41. The molecule has 2 unspecified atom stereocenters. The van der Waals surface area contributed by atoms with E-state index in [1.54, 1.807) is 6.92 Å². The Labute approximate surface area is 120 Å². The largest absolute Gasteiger partial charge is 0.465 e. The van der Waals surface area contributed by atoms with E-state index < -0.39 is 0 Å². The summed E-state index contributed by atoms with van der Waals surface area (Å²) in [6.07, 6.45) is 1.92. The Morgan fingerprint density at radius 1 is 1.45 bits per heavy atom. The average Bonchev–Trinajstić information content (AvgIpc) is 2.77. The van der Waals surface area contributed by atoms with Crippen LogP contribution >= 0.6 is 0 Å². The first-order valence-electron chi connectivity index (χ1n) is 7.30. The molecule has 1 aromatic heterocycles. The number of likely N-dealkylation sites (tertiary alicyclic amines) is 1. The maximum Gasteiger partial charge on any atom is 0.217 e. The summed E-state index contributed by atoms with van der Waals surface area (Å²) in [6.45, 7) is 7.39. The highest BCUT2D eigenvalue weighted by atomic mass is 16.3. The highest BCUT2D eigenvalue weighted by molar-refractivity contribution is 5.73. The van der Waals surface area contributed by atoms with Gasteiger partial charge in [0.1, 0.15) is 11.5 Å². The minimum atomic E-state index is 0.0119. The minimum absolute atomic E-state index is 0.0119. The van der Waals surface area contributed by atoms with Gasteiger partial charge in [0, 0.05) is 32.1 Å². The molecule has 1 amide bonds. The zero-order valence-electron chi connectivity index (χ0n) is 12.6. The first-order chi connectivity index (χ1) is 9.47. The molecule has 1 aromatic rings. The van der Waals surface area contributed by atoms with Crippen LogP contribution in [0.4, 0.5) is 0 Å². The van der Waals surface area contributed by atoms with E-state index in [0.29, 0.717) is 0 Å². The van der Waals surface area contributed by atoms with Crippen molar-refractivity contribution >= 4 is 5.91 Å². The molecule has 5 nitrogen and oxygen atoms in total. The van der Waals surface area contributed by atoms with Crippen molar-refractivity contribution < 1.29 is 9.21 Å². The van der Waals surface area contributed by atoms with E-state index in [1.165, 1.54) is 0 Å². The maximum atomic E-state index is 11.1. The van der Waals surface area contributed by atoms with Crippen molar-refractivity contribution in [2.24, 2.45) is 5.73 Å². The predicted molar refractivity (Wildman–Crippen MR) is 78.2 cm³/mol. The fourth-order valence-electron chi connectivity index (χ4n) is 2.99.